The Morgan fingerprint density at radius 2 is 2.19 bits per heavy atom. The number of carbonyl (C=O) groups is 1. The van der Waals surface area contributed by atoms with Gasteiger partial charge >= 0.3 is 6.03 Å². The molecular formula is C14H16ClN3O3. The van der Waals surface area contributed by atoms with Crippen molar-refractivity contribution in [2.75, 3.05) is 19.8 Å². The molecule has 0 aromatic heterocycles. The number of carbonyl (C=O) groups excluding carboxylic acids is 1. The lowest BCUT2D eigenvalue weighted by atomic mass is 10.0. The number of benzene rings is 1. The summed E-state index contributed by atoms with van der Waals surface area (Å²) in [6.45, 7) is 3.49. The van der Waals surface area contributed by atoms with Crippen molar-refractivity contribution in [2.24, 2.45) is 0 Å². The molecule has 1 fully saturated rings. The van der Waals surface area contributed by atoms with Gasteiger partial charge in [-0.05, 0) is 24.1 Å². The van der Waals surface area contributed by atoms with E-state index < -0.39 is 6.04 Å². The molecule has 1 saturated heterocycles. The van der Waals surface area contributed by atoms with Gasteiger partial charge in [0, 0.05) is 6.54 Å². The Hall–Kier alpha value is -1.95. The van der Waals surface area contributed by atoms with Gasteiger partial charge in [-0.15, -0.1) is 0 Å². The number of fused-ring (bicyclic) bond motifs is 1. The number of nitrogens with one attached hydrogen (secondary N) is 2. The van der Waals surface area contributed by atoms with Gasteiger partial charge < -0.3 is 14.4 Å². The second-order valence-corrected chi connectivity index (χ2v) is 5.37. The summed E-state index contributed by atoms with van der Waals surface area (Å²) in [6.07, 6.45) is 0.815. The molecule has 1 aromatic carbocycles. The normalized spacial score (nSPS) is 20.7. The van der Waals surface area contributed by atoms with Gasteiger partial charge in [0.05, 0.1) is 5.02 Å². The van der Waals surface area contributed by atoms with Crippen LogP contribution in [0, 0.1) is 5.41 Å². The van der Waals surface area contributed by atoms with E-state index >= 15 is 0 Å². The number of halogens is 1. The first-order valence-corrected chi connectivity index (χ1v) is 7.24. The maximum Gasteiger partial charge on any atom is 0.323 e. The molecule has 0 spiro atoms. The zero-order chi connectivity index (χ0) is 15.0. The molecule has 2 heterocycles. The van der Waals surface area contributed by atoms with E-state index in [0.29, 0.717) is 36.3 Å². The molecule has 0 bridgehead atoms. The van der Waals surface area contributed by atoms with Crippen LogP contribution >= 0.6 is 11.6 Å². The molecular weight excluding hydrogens is 294 g/mol. The van der Waals surface area contributed by atoms with Crippen molar-refractivity contribution in [3.05, 3.63) is 22.7 Å². The molecule has 7 heteroatoms. The molecule has 0 aliphatic carbocycles. The fourth-order valence-corrected chi connectivity index (χ4v) is 2.91. The van der Waals surface area contributed by atoms with Crippen LogP contribution in [0.15, 0.2) is 12.1 Å². The van der Waals surface area contributed by atoms with Crippen LogP contribution in [0.2, 0.25) is 5.02 Å². The minimum Gasteiger partial charge on any atom is -0.486 e. The fraction of sp³-hybridized carbons (Fsp3) is 0.429. The maximum absolute atomic E-state index is 11.9. The number of amidine groups is 1. The van der Waals surface area contributed by atoms with Crippen molar-refractivity contribution < 1.29 is 14.3 Å². The summed E-state index contributed by atoms with van der Waals surface area (Å²) in [4.78, 5) is 13.5. The Kier molecular flexibility index (Phi) is 3.63. The smallest absolute Gasteiger partial charge is 0.323 e. The molecule has 2 aliphatic rings. The third kappa shape index (κ3) is 2.40. The van der Waals surface area contributed by atoms with Crippen molar-refractivity contribution in [1.29, 1.82) is 5.41 Å². The highest BCUT2D eigenvalue weighted by atomic mass is 35.5. The lowest BCUT2D eigenvalue weighted by Gasteiger charge is -2.25. The van der Waals surface area contributed by atoms with Gasteiger partial charge in [0.1, 0.15) is 25.1 Å². The van der Waals surface area contributed by atoms with Crippen molar-refractivity contribution in [2.45, 2.75) is 19.4 Å². The SMILES string of the molecule is CCCN1C(=O)NC(=N)C1c1cc(Cl)c2c(c1)OCCO2. The fourth-order valence-electron chi connectivity index (χ4n) is 2.64. The molecule has 112 valence electrons. The van der Waals surface area contributed by atoms with Crippen molar-refractivity contribution in [3.8, 4) is 11.5 Å². The van der Waals surface area contributed by atoms with Gasteiger partial charge in [0.15, 0.2) is 11.5 Å². The first-order valence-electron chi connectivity index (χ1n) is 6.87. The lowest BCUT2D eigenvalue weighted by molar-refractivity contribution is 0.171. The standard InChI is InChI=1S/C14H16ClN3O3/c1-2-3-18-11(13(16)17-14(18)19)8-6-9(15)12-10(7-8)20-4-5-21-12/h6-7,11H,2-5H2,1H3,(H2,16,17,19). The van der Waals surface area contributed by atoms with E-state index in [1.165, 1.54) is 0 Å². The highest BCUT2D eigenvalue weighted by Gasteiger charge is 2.37. The second kappa shape index (κ2) is 5.44. The van der Waals surface area contributed by atoms with Gasteiger partial charge in [0.25, 0.3) is 0 Å². The highest BCUT2D eigenvalue weighted by molar-refractivity contribution is 6.32. The summed E-state index contributed by atoms with van der Waals surface area (Å²) >= 11 is 6.24. The molecule has 0 radical (unpaired) electrons. The Morgan fingerprint density at radius 3 is 2.95 bits per heavy atom. The van der Waals surface area contributed by atoms with E-state index in [4.69, 9.17) is 26.5 Å². The number of rotatable bonds is 3. The molecule has 1 aromatic rings. The zero-order valence-corrected chi connectivity index (χ0v) is 12.4. The quantitative estimate of drug-likeness (QED) is 0.901. The van der Waals surface area contributed by atoms with Crippen molar-refractivity contribution in [3.63, 3.8) is 0 Å². The first kappa shape index (κ1) is 14.0. The second-order valence-electron chi connectivity index (χ2n) is 4.97. The number of urea groups is 1. The van der Waals surface area contributed by atoms with Crippen LogP contribution in [0.1, 0.15) is 24.9 Å². The summed E-state index contributed by atoms with van der Waals surface area (Å²) in [6, 6.07) is 2.82. The van der Waals surface area contributed by atoms with Crippen LogP contribution in [-0.4, -0.2) is 36.5 Å². The molecule has 3 rings (SSSR count). The monoisotopic (exact) mass is 309 g/mol. The molecule has 0 saturated carbocycles. The van der Waals surface area contributed by atoms with E-state index in [1.807, 2.05) is 6.92 Å². The number of hydrogen-bond acceptors (Lipinski definition) is 4. The van der Waals surface area contributed by atoms with Gasteiger partial charge in [-0.2, -0.15) is 0 Å². The minimum absolute atomic E-state index is 0.154. The average molecular weight is 310 g/mol. The van der Waals surface area contributed by atoms with Gasteiger partial charge in [0.2, 0.25) is 0 Å². The number of amides is 2. The van der Waals surface area contributed by atoms with Crippen molar-refractivity contribution in [1.82, 2.24) is 10.2 Å². The summed E-state index contributed by atoms with van der Waals surface area (Å²) in [5.41, 5.74) is 0.751. The maximum atomic E-state index is 11.9. The van der Waals surface area contributed by atoms with Crippen LogP contribution in [0.25, 0.3) is 0 Å². The van der Waals surface area contributed by atoms with E-state index in [2.05, 4.69) is 5.32 Å². The summed E-state index contributed by atoms with van der Waals surface area (Å²) in [5.74, 6) is 1.24. The average Bonchev–Trinajstić information content (AvgIpc) is 2.74. The molecule has 2 aliphatic heterocycles. The van der Waals surface area contributed by atoms with E-state index in [0.717, 1.165) is 12.0 Å². The molecule has 2 amide bonds. The molecule has 1 atom stereocenters. The number of nitrogens with zero attached hydrogens (tertiary/aromatic N) is 1. The molecule has 1 unspecified atom stereocenters. The topological polar surface area (TPSA) is 74.7 Å². The Balaban J connectivity index is 2.00. The molecule has 2 N–H and O–H groups in total. The molecule has 6 nitrogen and oxygen atoms in total. The lowest BCUT2D eigenvalue weighted by Crippen LogP contribution is -2.30. The Morgan fingerprint density at radius 1 is 1.43 bits per heavy atom. The van der Waals surface area contributed by atoms with Crippen LogP contribution in [0.5, 0.6) is 11.5 Å². The van der Waals surface area contributed by atoms with Crippen molar-refractivity contribution >= 4 is 23.5 Å². The number of hydrogen-bond donors (Lipinski definition) is 2. The Labute approximate surface area is 127 Å². The predicted octanol–water partition coefficient (Wildman–Crippen LogP) is 2.56. The van der Waals surface area contributed by atoms with Crippen LogP contribution in [0.3, 0.4) is 0 Å². The van der Waals surface area contributed by atoms with Gasteiger partial charge in [-0.25, -0.2) is 4.79 Å². The third-order valence-electron chi connectivity index (χ3n) is 3.49. The zero-order valence-electron chi connectivity index (χ0n) is 11.6. The minimum atomic E-state index is -0.453. The van der Waals surface area contributed by atoms with Gasteiger partial charge in [-0.3, -0.25) is 10.7 Å². The van der Waals surface area contributed by atoms with Crippen LogP contribution in [-0.2, 0) is 0 Å². The summed E-state index contributed by atoms with van der Waals surface area (Å²) in [7, 11) is 0. The molecule has 21 heavy (non-hydrogen) atoms. The van der Waals surface area contributed by atoms with Crippen LogP contribution in [0.4, 0.5) is 4.79 Å². The van der Waals surface area contributed by atoms with E-state index in [1.54, 1.807) is 17.0 Å². The predicted molar refractivity (Wildman–Crippen MR) is 78.4 cm³/mol. The van der Waals surface area contributed by atoms with Gasteiger partial charge in [-0.1, -0.05) is 18.5 Å². The first-order chi connectivity index (χ1) is 10.1. The largest absolute Gasteiger partial charge is 0.486 e. The van der Waals surface area contributed by atoms with Crippen LogP contribution < -0.4 is 14.8 Å². The number of ether oxygens (including phenoxy) is 2. The van der Waals surface area contributed by atoms with E-state index in [9.17, 15) is 4.79 Å². The van der Waals surface area contributed by atoms with E-state index in [-0.39, 0.29) is 11.9 Å². The highest BCUT2D eigenvalue weighted by Crippen LogP contribution is 2.41. The third-order valence-corrected chi connectivity index (χ3v) is 3.77. The Bertz CT molecular complexity index is 605. The summed E-state index contributed by atoms with van der Waals surface area (Å²) in [5, 5.41) is 11.0. The summed E-state index contributed by atoms with van der Waals surface area (Å²) < 4.78 is 11.0.